The van der Waals surface area contributed by atoms with Crippen molar-refractivity contribution in [3.63, 3.8) is 0 Å². The number of aromatic nitrogens is 4. The van der Waals surface area contributed by atoms with Gasteiger partial charge in [0.1, 0.15) is 18.0 Å². The van der Waals surface area contributed by atoms with Crippen molar-refractivity contribution in [1.29, 1.82) is 0 Å². The molecule has 88 valence electrons. The fourth-order valence-corrected chi connectivity index (χ4v) is 1.34. The number of methoxy groups -OCH3 is 1. The first-order valence-electron chi connectivity index (χ1n) is 5.16. The van der Waals surface area contributed by atoms with Crippen molar-refractivity contribution in [2.75, 3.05) is 12.4 Å². The van der Waals surface area contributed by atoms with Crippen LogP contribution in [-0.4, -0.2) is 27.0 Å². The van der Waals surface area contributed by atoms with Crippen LogP contribution < -0.4 is 10.1 Å². The average molecular weight is 231 g/mol. The molecule has 2 rings (SSSR count). The van der Waals surface area contributed by atoms with Gasteiger partial charge in [-0.2, -0.15) is 4.98 Å². The number of nitrogens with zero attached hydrogens (tertiary/aromatic N) is 4. The summed E-state index contributed by atoms with van der Waals surface area (Å²) in [4.78, 5) is 16.3. The first-order valence-corrected chi connectivity index (χ1v) is 5.16. The molecule has 2 aromatic rings. The maximum absolute atomic E-state index is 5.07. The molecule has 0 saturated carbocycles. The number of nitrogens with one attached hydrogen (secondary N) is 1. The van der Waals surface area contributed by atoms with Gasteiger partial charge >= 0.3 is 0 Å². The van der Waals surface area contributed by atoms with Gasteiger partial charge in [0.05, 0.1) is 19.3 Å². The number of hydrogen-bond acceptors (Lipinski definition) is 6. The molecule has 0 aliphatic carbocycles. The average Bonchev–Trinajstić information content (AvgIpc) is 2.37. The van der Waals surface area contributed by atoms with Crippen molar-refractivity contribution in [2.45, 2.75) is 13.5 Å². The van der Waals surface area contributed by atoms with Gasteiger partial charge in [0.15, 0.2) is 0 Å². The fraction of sp³-hybridized carbons (Fsp3) is 0.273. The van der Waals surface area contributed by atoms with E-state index in [0.29, 0.717) is 24.1 Å². The van der Waals surface area contributed by atoms with E-state index in [-0.39, 0.29) is 0 Å². The molecule has 6 heteroatoms. The van der Waals surface area contributed by atoms with Crippen LogP contribution in [0.4, 0.5) is 5.82 Å². The minimum Gasteiger partial charge on any atom is -0.481 e. The lowest BCUT2D eigenvalue weighted by Gasteiger charge is -2.07. The van der Waals surface area contributed by atoms with E-state index in [9.17, 15) is 0 Å². The van der Waals surface area contributed by atoms with Crippen molar-refractivity contribution in [1.82, 2.24) is 19.9 Å². The second kappa shape index (κ2) is 5.20. The van der Waals surface area contributed by atoms with Crippen LogP contribution in [0.2, 0.25) is 0 Å². The maximum atomic E-state index is 5.07. The van der Waals surface area contributed by atoms with Gasteiger partial charge in [0.2, 0.25) is 5.88 Å². The highest BCUT2D eigenvalue weighted by atomic mass is 16.5. The van der Waals surface area contributed by atoms with Crippen molar-refractivity contribution in [3.05, 3.63) is 36.2 Å². The topological polar surface area (TPSA) is 72.8 Å². The van der Waals surface area contributed by atoms with E-state index in [1.165, 1.54) is 6.33 Å². The molecule has 0 aromatic carbocycles. The molecular weight excluding hydrogens is 218 g/mol. The van der Waals surface area contributed by atoms with Crippen LogP contribution in [0.1, 0.15) is 11.5 Å². The smallest absolute Gasteiger partial charge is 0.218 e. The molecule has 0 saturated heterocycles. The summed E-state index contributed by atoms with van der Waals surface area (Å²) >= 11 is 0. The van der Waals surface area contributed by atoms with Crippen LogP contribution in [-0.2, 0) is 6.54 Å². The number of rotatable bonds is 4. The third-order valence-electron chi connectivity index (χ3n) is 2.12. The molecular formula is C11H13N5O. The molecule has 6 nitrogen and oxygen atoms in total. The molecule has 0 unspecified atom stereocenters. The van der Waals surface area contributed by atoms with Crippen molar-refractivity contribution < 1.29 is 4.74 Å². The first kappa shape index (κ1) is 11.3. The normalized spacial score (nSPS) is 10.0. The van der Waals surface area contributed by atoms with Gasteiger partial charge in [-0.3, -0.25) is 0 Å². The Balaban J connectivity index is 2.06. The lowest BCUT2D eigenvalue weighted by atomic mass is 10.4. The van der Waals surface area contributed by atoms with Crippen molar-refractivity contribution >= 4 is 5.82 Å². The summed E-state index contributed by atoms with van der Waals surface area (Å²) in [5.74, 6) is 1.92. The van der Waals surface area contributed by atoms with Gasteiger partial charge in [-0.15, -0.1) is 0 Å². The molecule has 0 amide bonds. The van der Waals surface area contributed by atoms with Crippen LogP contribution in [0.25, 0.3) is 0 Å². The monoisotopic (exact) mass is 231 g/mol. The Labute approximate surface area is 99.1 Å². The third-order valence-corrected chi connectivity index (χ3v) is 2.12. The quantitative estimate of drug-likeness (QED) is 0.852. The minimum absolute atomic E-state index is 0.544. The number of hydrogen-bond donors (Lipinski definition) is 1. The SMILES string of the molecule is COc1cc(NCc2ccncn2)nc(C)n1. The largest absolute Gasteiger partial charge is 0.481 e. The van der Waals surface area contributed by atoms with Crippen molar-refractivity contribution in [3.8, 4) is 5.88 Å². The second-order valence-corrected chi connectivity index (χ2v) is 3.40. The van der Waals surface area contributed by atoms with E-state index in [0.717, 1.165) is 5.69 Å². The zero-order chi connectivity index (χ0) is 12.1. The molecule has 0 spiro atoms. The Hall–Kier alpha value is -2.24. The molecule has 1 N–H and O–H groups in total. The third kappa shape index (κ3) is 3.10. The van der Waals surface area contributed by atoms with Gasteiger partial charge < -0.3 is 10.1 Å². The Bertz CT molecular complexity index is 488. The minimum atomic E-state index is 0.544. The summed E-state index contributed by atoms with van der Waals surface area (Å²) in [6, 6.07) is 3.59. The summed E-state index contributed by atoms with van der Waals surface area (Å²) < 4.78 is 5.07. The van der Waals surface area contributed by atoms with Crippen LogP contribution >= 0.6 is 0 Å². The summed E-state index contributed by atoms with van der Waals surface area (Å²) in [7, 11) is 1.58. The molecule has 2 heterocycles. The fourth-order valence-electron chi connectivity index (χ4n) is 1.34. The highest BCUT2D eigenvalue weighted by molar-refractivity contribution is 5.38. The zero-order valence-corrected chi connectivity index (χ0v) is 9.71. The van der Waals surface area contributed by atoms with Gasteiger partial charge in [0.25, 0.3) is 0 Å². The Kier molecular flexibility index (Phi) is 3.44. The predicted octanol–water partition coefficient (Wildman–Crippen LogP) is 1.20. The van der Waals surface area contributed by atoms with Gasteiger partial charge in [0, 0.05) is 12.3 Å². The Morgan fingerprint density at radius 2 is 2.24 bits per heavy atom. The predicted molar refractivity (Wildman–Crippen MR) is 62.7 cm³/mol. The van der Waals surface area contributed by atoms with Gasteiger partial charge in [-0.1, -0.05) is 0 Å². The lowest BCUT2D eigenvalue weighted by molar-refractivity contribution is 0.396. The summed E-state index contributed by atoms with van der Waals surface area (Å²) in [5, 5.41) is 3.16. The summed E-state index contributed by atoms with van der Waals surface area (Å²) in [5.41, 5.74) is 0.898. The van der Waals surface area contributed by atoms with Gasteiger partial charge in [-0.05, 0) is 13.0 Å². The molecule has 0 atom stereocenters. The van der Waals surface area contributed by atoms with E-state index in [4.69, 9.17) is 4.74 Å². The molecule has 0 aliphatic heterocycles. The maximum Gasteiger partial charge on any atom is 0.218 e. The van der Waals surface area contributed by atoms with E-state index < -0.39 is 0 Å². The molecule has 2 aromatic heterocycles. The highest BCUT2D eigenvalue weighted by Gasteiger charge is 2.01. The number of aryl methyl sites for hydroxylation is 1. The summed E-state index contributed by atoms with van der Waals surface area (Å²) in [6.45, 7) is 2.40. The molecule has 17 heavy (non-hydrogen) atoms. The molecule has 0 radical (unpaired) electrons. The van der Waals surface area contributed by atoms with E-state index in [2.05, 4.69) is 25.3 Å². The van der Waals surface area contributed by atoms with E-state index in [1.807, 2.05) is 13.0 Å². The lowest BCUT2D eigenvalue weighted by Crippen LogP contribution is -2.05. The van der Waals surface area contributed by atoms with E-state index in [1.54, 1.807) is 19.4 Å². The standard InChI is InChI=1S/C11H13N5O/c1-8-15-10(5-11(16-8)17-2)13-6-9-3-4-12-7-14-9/h3-5,7H,6H2,1-2H3,(H,13,15,16). The first-order chi connectivity index (χ1) is 8.28. The van der Waals surface area contributed by atoms with Crippen LogP contribution in [0.5, 0.6) is 5.88 Å². The highest BCUT2D eigenvalue weighted by Crippen LogP contribution is 2.13. The summed E-state index contributed by atoms with van der Waals surface area (Å²) in [6.07, 6.45) is 3.22. The Morgan fingerprint density at radius 3 is 2.94 bits per heavy atom. The van der Waals surface area contributed by atoms with Crippen LogP contribution in [0, 0.1) is 6.92 Å². The Morgan fingerprint density at radius 1 is 1.35 bits per heavy atom. The zero-order valence-electron chi connectivity index (χ0n) is 9.71. The number of ether oxygens (including phenoxy) is 1. The van der Waals surface area contributed by atoms with Crippen molar-refractivity contribution in [2.24, 2.45) is 0 Å². The van der Waals surface area contributed by atoms with Crippen LogP contribution in [0.3, 0.4) is 0 Å². The number of anilines is 1. The molecule has 0 fully saturated rings. The molecule has 0 aliphatic rings. The van der Waals surface area contributed by atoms with Crippen LogP contribution in [0.15, 0.2) is 24.7 Å². The van der Waals surface area contributed by atoms with E-state index >= 15 is 0 Å². The molecule has 0 bridgehead atoms. The second-order valence-electron chi connectivity index (χ2n) is 3.40. The van der Waals surface area contributed by atoms with Gasteiger partial charge in [-0.25, -0.2) is 15.0 Å².